The Bertz CT molecular complexity index is 872. The molecule has 32 heavy (non-hydrogen) atoms. The summed E-state index contributed by atoms with van der Waals surface area (Å²) in [6.45, 7) is 7.56. The number of amides is 1. The van der Waals surface area contributed by atoms with Crippen molar-refractivity contribution in [3.63, 3.8) is 0 Å². The zero-order valence-corrected chi connectivity index (χ0v) is 19.9. The van der Waals surface area contributed by atoms with E-state index in [0.29, 0.717) is 13.0 Å². The molecular weight excluding hydrogens is 398 g/mol. The molecule has 1 amide bonds. The van der Waals surface area contributed by atoms with Gasteiger partial charge in [-0.3, -0.25) is 19.3 Å². The number of carbonyl (C=O) groups excluding carboxylic acids is 1. The highest BCUT2D eigenvalue weighted by Crippen LogP contribution is 2.38. The lowest BCUT2D eigenvalue weighted by molar-refractivity contribution is -0.125. The van der Waals surface area contributed by atoms with Crippen LogP contribution in [0.2, 0.25) is 0 Å². The summed E-state index contributed by atoms with van der Waals surface area (Å²) in [7, 11) is 1.98. The average molecular weight is 438 g/mol. The van der Waals surface area contributed by atoms with Crippen molar-refractivity contribution in [3.8, 4) is 0 Å². The highest BCUT2D eigenvalue weighted by molar-refractivity contribution is 5.77. The Kier molecular flexibility index (Phi) is 7.63. The van der Waals surface area contributed by atoms with Crippen molar-refractivity contribution in [2.75, 3.05) is 26.2 Å². The Labute approximate surface area is 193 Å². The van der Waals surface area contributed by atoms with E-state index in [1.54, 1.807) is 0 Å². The molecule has 2 heterocycles. The number of aromatic nitrogens is 2. The van der Waals surface area contributed by atoms with Crippen molar-refractivity contribution >= 4 is 5.91 Å². The predicted octanol–water partition coefficient (Wildman–Crippen LogP) is 3.65. The van der Waals surface area contributed by atoms with E-state index in [2.05, 4.69) is 63.7 Å². The van der Waals surface area contributed by atoms with E-state index < -0.39 is 0 Å². The molecule has 6 nitrogen and oxygen atoms in total. The fourth-order valence-corrected chi connectivity index (χ4v) is 5.62. The smallest absolute Gasteiger partial charge is 0.221 e. The molecule has 1 saturated heterocycles. The second-order valence-electron chi connectivity index (χ2n) is 9.76. The van der Waals surface area contributed by atoms with Gasteiger partial charge in [-0.2, -0.15) is 5.10 Å². The number of rotatable bonds is 4. The van der Waals surface area contributed by atoms with Gasteiger partial charge in [-0.15, -0.1) is 0 Å². The van der Waals surface area contributed by atoms with Gasteiger partial charge in [0.15, 0.2) is 0 Å². The Morgan fingerprint density at radius 3 is 2.50 bits per heavy atom. The maximum Gasteiger partial charge on any atom is 0.221 e. The van der Waals surface area contributed by atoms with Gasteiger partial charge < -0.3 is 5.32 Å². The first kappa shape index (κ1) is 23.0. The molecule has 1 spiro atoms. The molecule has 1 N–H and O–H groups in total. The SMILES string of the molecule is Cc1nn(C)cc1CN1CCCN(Cc2ccccc2)C2(CCCCC2)CC(=O)NCC1. The monoisotopic (exact) mass is 437 g/mol. The molecule has 4 rings (SSSR count). The van der Waals surface area contributed by atoms with E-state index in [1.807, 2.05) is 11.7 Å². The number of hydrogen-bond acceptors (Lipinski definition) is 4. The third-order valence-corrected chi connectivity index (χ3v) is 7.32. The van der Waals surface area contributed by atoms with Crippen molar-refractivity contribution in [3.05, 3.63) is 53.3 Å². The Hall–Kier alpha value is -2.18. The summed E-state index contributed by atoms with van der Waals surface area (Å²) in [5.74, 6) is 0.212. The average Bonchev–Trinajstić information content (AvgIpc) is 3.09. The second kappa shape index (κ2) is 10.6. The van der Waals surface area contributed by atoms with Crippen LogP contribution in [0.4, 0.5) is 0 Å². The van der Waals surface area contributed by atoms with Crippen LogP contribution in [-0.4, -0.2) is 57.2 Å². The molecule has 1 aromatic heterocycles. The summed E-state index contributed by atoms with van der Waals surface area (Å²) in [6.07, 6.45) is 9.87. The Balaban J connectivity index is 1.53. The molecule has 0 unspecified atom stereocenters. The third-order valence-electron chi connectivity index (χ3n) is 7.32. The lowest BCUT2D eigenvalue weighted by Gasteiger charge is -2.46. The Morgan fingerprint density at radius 2 is 1.78 bits per heavy atom. The fraction of sp³-hybridized carbons (Fsp3) is 0.615. The van der Waals surface area contributed by atoms with Gasteiger partial charge in [0.25, 0.3) is 0 Å². The largest absolute Gasteiger partial charge is 0.355 e. The van der Waals surface area contributed by atoms with Crippen LogP contribution in [0.25, 0.3) is 0 Å². The van der Waals surface area contributed by atoms with E-state index in [0.717, 1.165) is 57.7 Å². The van der Waals surface area contributed by atoms with Gasteiger partial charge >= 0.3 is 0 Å². The first-order chi connectivity index (χ1) is 15.5. The van der Waals surface area contributed by atoms with E-state index in [-0.39, 0.29) is 11.4 Å². The highest BCUT2D eigenvalue weighted by Gasteiger charge is 2.39. The first-order valence-corrected chi connectivity index (χ1v) is 12.3. The Morgan fingerprint density at radius 1 is 1.00 bits per heavy atom. The maximum atomic E-state index is 13.0. The number of nitrogens with one attached hydrogen (secondary N) is 1. The number of carbonyl (C=O) groups is 1. The molecule has 2 aromatic rings. The minimum absolute atomic E-state index is 0.00666. The summed E-state index contributed by atoms with van der Waals surface area (Å²) >= 11 is 0. The van der Waals surface area contributed by atoms with Crippen LogP contribution < -0.4 is 5.32 Å². The second-order valence-corrected chi connectivity index (χ2v) is 9.76. The molecule has 1 aliphatic heterocycles. The molecule has 0 radical (unpaired) electrons. The van der Waals surface area contributed by atoms with Crippen LogP contribution in [0.1, 0.15) is 61.8 Å². The van der Waals surface area contributed by atoms with Crippen LogP contribution in [0.5, 0.6) is 0 Å². The molecule has 1 saturated carbocycles. The van der Waals surface area contributed by atoms with Crippen molar-refractivity contribution < 1.29 is 4.79 Å². The summed E-state index contributed by atoms with van der Waals surface area (Å²) < 4.78 is 1.90. The van der Waals surface area contributed by atoms with Crippen molar-refractivity contribution in [1.82, 2.24) is 24.9 Å². The normalized spacial score (nSPS) is 21.2. The van der Waals surface area contributed by atoms with Gasteiger partial charge in [-0.25, -0.2) is 0 Å². The maximum absolute atomic E-state index is 13.0. The van der Waals surface area contributed by atoms with Crippen molar-refractivity contribution in [2.24, 2.45) is 7.05 Å². The van der Waals surface area contributed by atoms with E-state index >= 15 is 0 Å². The van der Waals surface area contributed by atoms with Crippen LogP contribution >= 0.6 is 0 Å². The van der Waals surface area contributed by atoms with Gasteiger partial charge in [-0.05, 0) is 38.3 Å². The molecule has 174 valence electrons. The quantitative estimate of drug-likeness (QED) is 0.793. The highest BCUT2D eigenvalue weighted by atomic mass is 16.1. The van der Waals surface area contributed by atoms with E-state index in [9.17, 15) is 4.79 Å². The molecular formula is C26H39N5O. The molecule has 6 heteroatoms. The molecule has 2 fully saturated rings. The number of nitrogens with zero attached hydrogens (tertiary/aromatic N) is 4. The van der Waals surface area contributed by atoms with Gasteiger partial charge in [0, 0.05) is 63.5 Å². The van der Waals surface area contributed by atoms with Gasteiger partial charge in [0.1, 0.15) is 0 Å². The third kappa shape index (κ3) is 5.78. The van der Waals surface area contributed by atoms with Crippen molar-refractivity contribution in [1.29, 1.82) is 0 Å². The zero-order valence-electron chi connectivity index (χ0n) is 19.9. The standard InChI is InChI=1S/C26H39N5O/c1-22-24(20-29(2)28-22)21-30-15-9-16-31(19-23-10-5-3-6-11-23)26(12-7-4-8-13-26)18-25(32)27-14-17-30/h3,5-6,10-11,20H,4,7-9,12-19,21H2,1-2H3,(H,27,32). The predicted molar refractivity (Wildman–Crippen MR) is 128 cm³/mol. The molecule has 1 aliphatic carbocycles. The molecule has 1 aromatic carbocycles. The number of aryl methyl sites for hydroxylation is 2. The molecule has 2 aliphatic rings. The fourth-order valence-electron chi connectivity index (χ4n) is 5.62. The lowest BCUT2D eigenvalue weighted by Crippen LogP contribution is -2.52. The van der Waals surface area contributed by atoms with Crippen molar-refractivity contribution in [2.45, 2.75) is 70.5 Å². The molecule has 0 bridgehead atoms. The van der Waals surface area contributed by atoms with Crippen LogP contribution in [-0.2, 0) is 24.9 Å². The summed E-state index contributed by atoms with van der Waals surface area (Å²) in [6, 6.07) is 10.8. The molecule has 0 atom stereocenters. The van der Waals surface area contributed by atoms with Gasteiger partial charge in [-0.1, -0.05) is 49.6 Å². The summed E-state index contributed by atoms with van der Waals surface area (Å²) in [4.78, 5) is 18.2. The van der Waals surface area contributed by atoms with E-state index in [1.165, 1.54) is 30.4 Å². The summed E-state index contributed by atoms with van der Waals surface area (Å²) in [5.41, 5.74) is 3.71. The van der Waals surface area contributed by atoms with Gasteiger partial charge in [0.2, 0.25) is 5.91 Å². The van der Waals surface area contributed by atoms with Crippen LogP contribution in [0.3, 0.4) is 0 Å². The number of hydrogen-bond donors (Lipinski definition) is 1. The van der Waals surface area contributed by atoms with Crippen LogP contribution in [0, 0.1) is 6.92 Å². The summed E-state index contributed by atoms with van der Waals surface area (Å²) in [5, 5.41) is 7.75. The minimum atomic E-state index is -0.00666. The first-order valence-electron chi connectivity index (χ1n) is 12.3. The van der Waals surface area contributed by atoms with Crippen LogP contribution in [0.15, 0.2) is 36.5 Å². The zero-order chi connectivity index (χ0) is 22.4. The lowest BCUT2D eigenvalue weighted by atomic mass is 9.77. The van der Waals surface area contributed by atoms with Gasteiger partial charge in [0.05, 0.1) is 5.69 Å². The minimum Gasteiger partial charge on any atom is -0.355 e. The number of benzene rings is 1. The topological polar surface area (TPSA) is 53.4 Å². The van der Waals surface area contributed by atoms with E-state index in [4.69, 9.17) is 0 Å².